The molecule has 0 aliphatic rings. The van der Waals surface area contributed by atoms with Crippen LogP contribution in [-0.4, -0.2) is 32.4 Å². The first-order chi connectivity index (χ1) is 12.6. The summed E-state index contributed by atoms with van der Waals surface area (Å²) in [6.07, 6.45) is 2.27. The van der Waals surface area contributed by atoms with Gasteiger partial charge in [0.15, 0.2) is 5.82 Å². The highest BCUT2D eigenvalue weighted by molar-refractivity contribution is 5.94. The van der Waals surface area contributed by atoms with Crippen LogP contribution in [0.4, 0.5) is 0 Å². The molecule has 0 aliphatic heterocycles. The van der Waals surface area contributed by atoms with Gasteiger partial charge in [0.05, 0.1) is 6.04 Å². The average Bonchev–Trinajstić information content (AvgIpc) is 3.09. The highest BCUT2D eigenvalue weighted by Gasteiger charge is 2.15. The van der Waals surface area contributed by atoms with Gasteiger partial charge in [-0.05, 0) is 42.2 Å². The van der Waals surface area contributed by atoms with E-state index in [1.807, 2.05) is 62.5 Å². The summed E-state index contributed by atoms with van der Waals surface area (Å²) in [6.45, 7) is 2.03. The first-order valence-corrected chi connectivity index (χ1v) is 8.53. The van der Waals surface area contributed by atoms with Crippen LogP contribution in [-0.2, 0) is 13.5 Å². The highest BCUT2D eigenvalue weighted by Crippen LogP contribution is 2.21. The van der Waals surface area contributed by atoms with Crippen molar-refractivity contribution in [2.45, 2.75) is 19.4 Å². The summed E-state index contributed by atoms with van der Waals surface area (Å²) < 4.78 is 1.79. The van der Waals surface area contributed by atoms with Crippen LogP contribution in [0.1, 0.15) is 34.7 Å². The van der Waals surface area contributed by atoms with Gasteiger partial charge in [-0.25, -0.2) is 0 Å². The summed E-state index contributed by atoms with van der Waals surface area (Å²) in [7, 11) is 1.85. The zero-order chi connectivity index (χ0) is 18.5. The zero-order valence-corrected chi connectivity index (χ0v) is 14.9. The summed E-state index contributed by atoms with van der Waals surface area (Å²) >= 11 is 0. The molecule has 6 nitrogen and oxygen atoms in total. The maximum Gasteiger partial charge on any atom is 0.251 e. The molecule has 0 bridgehead atoms. The Balaban J connectivity index is 1.68. The van der Waals surface area contributed by atoms with Crippen molar-refractivity contribution >= 4 is 5.91 Å². The van der Waals surface area contributed by atoms with Crippen LogP contribution in [0.2, 0.25) is 0 Å². The number of aryl methyl sites for hydroxylation is 1. The lowest BCUT2D eigenvalue weighted by atomic mass is 10.0. The first kappa shape index (κ1) is 17.8. The van der Waals surface area contributed by atoms with Crippen LogP contribution < -0.4 is 5.32 Å². The SMILES string of the molecule is CC(NC(=O)c1ccc(-c2ccc(CCO)cc2)cc1)c1nncn1C. The Morgan fingerprint density at radius 3 is 2.27 bits per heavy atom. The molecule has 0 fully saturated rings. The van der Waals surface area contributed by atoms with E-state index in [0.29, 0.717) is 17.8 Å². The molecule has 2 aromatic carbocycles. The Kier molecular flexibility index (Phi) is 5.43. The van der Waals surface area contributed by atoms with Gasteiger partial charge in [0.1, 0.15) is 6.33 Å². The molecule has 0 spiro atoms. The minimum absolute atomic E-state index is 0.148. The normalized spacial score (nSPS) is 12.0. The summed E-state index contributed by atoms with van der Waals surface area (Å²) in [5.74, 6) is 0.559. The third-order valence-corrected chi connectivity index (χ3v) is 4.32. The van der Waals surface area contributed by atoms with E-state index < -0.39 is 0 Å². The Hall–Kier alpha value is -2.99. The van der Waals surface area contributed by atoms with Crippen molar-refractivity contribution in [3.05, 3.63) is 71.8 Å². The minimum Gasteiger partial charge on any atom is -0.396 e. The number of aromatic nitrogens is 3. The fourth-order valence-corrected chi connectivity index (χ4v) is 2.84. The van der Waals surface area contributed by atoms with Crippen LogP contribution in [0.15, 0.2) is 54.9 Å². The van der Waals surface area contributed by atoms with Crippen LogP contribution in [0.25, 0.3) is 11.1 Å². The molecule has 1 heterocycles. The standard InChI is InChI=1S/C20H22N4O2/c1-14(19-23-21-13-24(19)2)22-20(26)18-9-7-17(8-10-18)16-5-3-15(4-6-16)11-12-25/h3-10,13-14,25H,11-12H2,1-2H3,(H,22,26). The van der Waals surface area contributed by atoms with Crippen LogP contribution in [0.5, 0.6) is 0 Å². The number of aliphatic hydroxyl groups is 1. The first-order valence-electron chi connectivity index (χ1n) is 8.53. The number of carbonyl (C=O) groups excluding carboxylic acids is 1. The Labute approximate surface area is 152 Å². The molecule has 134 valence electrons. The number of amides is 1. The van der Waals surface area contributed by atoms with Gasteiger partial charge in [-0.1, -0.05) is 36.4 Å². The van der Waals surface area contributed by atoms with E-state index in [1.165, 1.54) is 0 Å². The molecule has 2 N–H and O–H groups in total. The quantitative estimate of drug-likeness (QED) is 0.716. The van der Waals surface area contributed by atoms with Crippen molar-refractivity contribution in [1.29, 1.82) is 0 Å². The molecule has 3 rings (SSSR count). The predicted molar refractivity (Wildman–Crippen MR) is 99.6 cm³/mol. The number of hydrogen-bond acceptors (Lipinski definition) is 4. The third-order valence-electron chi connectivity index (χ3n) is 4.32. The van der Waals surface area contributed by atoms with Crippen LogP contribution >= 0.6 is 0 Å². The summed E-state index contributed by atoms with van der Waals surface area (Å²) in [5.41, 5.74) is 3.81. The van der Waals surface area contributed by atoms with Crippen molar-refractivity contribution in [2.75, 3.05) is 6.61 Å². The number of aliphatic hydroxyl groups excluding tert-OH is 1. The number of carbonyl (C=O) groups is 1. The highest BCUT2D eigenvalue weighted by atomic mass is 16.3. The largest absolute Gasteiger partial charge is 0.396 e. The molecular weight excluding hydrogens is 328 g/mol. The topological polar surface area (TPSA) is 80.0 Å². The third kappa shape index (κ3) is 3.97. The second-order valence-corrected chi connectivity index (χ2v) is 6.24. The minimum atomic E-state index is -0.228. The lowest BCUT2D eigenvalue weighted by Gasteiger charge is -2.13. The molecule has 1 atom stereocenters. The maximum absolute atomic E-state index is 12.4. The van der Waals surface area contributed by atoms with Gasteiger partial charge in [0, 0.05) is 19.2 Å². The van der Waals surface area contributed by atoms with E-state index in [4.69, 9.17) is 5.11 Å². The second kappa shape index (κ2) is 7.93. The van der Waals surface area contributed by atoms with Crippen LogP contribution in [0, 0.1) is 0 Å². The number of nitrogens with zero attached hydrogens (tertiary/aromatic N) is 3. The Morgan fingerprint density at radius 1 is 1.12 bits per heavy atom. The second-order valence-electron chi connectivity index (χ2n) is 6.24. The molecule has 1 amide bonds. The number of nitrogens with one attached hydrogen (secondary N) is 1. The van der Waals surface area contributed by atoms with E-state index >= 15 is 0 Å². The molecule has 3 aromatic rings. The molecule has 1 unspecified atom stereocenters. The molecule has 26 heavy (non-hydrogen) atoms. The van der Waals surface area contributed by atoms with Crippen molar-refractivity contribution in [3.63, 3.8) is 0 Å². The molecule has 0 radical (unpaired) electrons. The van der Waals surface area contributed by atoms with Gasteiger partial charge in [0.25, 0.3) is 5.91 Å². The van der Waals surface area contributed by atoms with Gasteiger partial charge >= 0.3 is 0 Å². The average molecular weight is 350 g/mol. The van der Waals surface area contributed by atoms with Gasteiger partial charge in [0.2, 0.25) is 0 Å². The van der Waals surface area contributed by atoms with Crippen molar-refractivity contribution < 1.29 is 9.90 Å². The zero-order valence-electron chi connectivity index (χ0n) is 14.9. The molecule has 0 aliphatic carbocycles. The monoisotopic (exact) mass is 350 g/mol. The Bertz CT molecular complexity index is 870. The van der Waals surface area contributed by atoms with Crippen molar-refractivity contribution in [1.82, 2.24) is 20.1 Å². The smallest absolute Gasteiger partial charge is 0.251 e. The van der Waals surface area contributed by atoms with Crippen LogP contribution in [0.3, 0.4) is 0 Å². The van der Waals surface area contributed by atoms with Crippen molar-refractivity contribution in [3.8, 4) is 11.1 Å². The molecule has 0 saturated carbocycles. The molecule has 1 aromatic heterocycles. The van der Waals surface area contributed by atoms with E-state index in [9.17, 15) is 4.79 Å². The Morgan fingerprint density at radius 2 is 1.73 bits per heavy atom. The number of rotatable bonds is 6. The van der Waals surface area contributed by atoms with E-state index in [1.54, 1.807) is 10.9 Å². The van der Waals surface area contributed by atoms with Crippen molar-refractivity contribution in [2.24, 2.45) is 7.05 Å². The maximum atomic E-state index is 12.4. The van der Waals surface area contributed by atoms with E-state index in [0.717, 1.165) is 16.7 Å². The van der Waals surface area contributed by atoms with Gasteiger partial charge in [-0.3, -0.25) is 4.79 Å². The van der Waals surface area contributed by atoms with Gasteiger partial charge < -0.3 is 15.0 Å². The summed E-state index contributed by atoms with van der Waals surface area (Å²) in [4.78, 5) is 12.4. The molecule has 0 saturated heterocycles. The fraction of sp³-hybridized carbons (Fsp3) is 0.250. The summed E-state index contributed by atoms with van der Waals surface area (Å²) in [6, 6.07) is 15.3. The van der Waals surface area contributed by atoms with Gasteiger partial charge in [-0.2, -0.15) is 0 Å². The molecule has 6 heteroatoms. The lowest BCUT2D eigenvalue weighted by Crippen LogP contribution is -2.28. The fourth-order valence-electron chi connectivity index (χ4n) is 2.84. The summed E-state index contributed by atoms with van der Waals surface area (Å²) in [5, 5.41) is 19.8. The predicted octanol–water partition coefficient (Wildman–Crippen LogP) is 2.51. The number of hydrogen-bond donors (Lipinski definition) is 2. The number of benzene rings is 2. The van der Waals surface area contributed by atoms with Gasteiger partial charge in [-0.15, -0.1) is 10.2 Å². The lowest BCUT2D eigenvalue weighted by molar-refractivity contribution is 0.0938. The van der Waals surface area contributed by atoms with E-state index in [2.05, 4.69) is 15.5 Å². The molecular formula is C20H22N4O2. The van der Waals surface area contributed by atoms with E-state index in [-0.39, 0.29) is 18.6 Å².